The molecule has 0 saturated carbocycles. The Hall–Kier alpha value is -2.08. The molecule has 0 aliphatic carbocycles. The average molecular weight is 306 g/mol. The van der Waals surface area contributed by atoms with Crippen molar-refractivity contribution in [3.63, 3.8) is 0 Å². The summed E-state index contributed by atoms with van der Waals surface area (Å²) >= 11 is 0. The number of halogens is 1. The molecule has 110 valence electrons. The predicted octanol–water partition coefficient (Wildman–Crippen LogP) is 2.90. The lowest BCUT2D eigenvalue weighted by molar-refractivity contribution is 0.601. The molecule has 4 nitrogen and oxygen atoms in total. The number of fused-ring (bicyclic) bond motifs is 1. The van der Waals surface area contributed by atoms with Crippen LogP contribution in [0.4, 0.5) is 15.8 Å². The number of nitrogens with one attached hydrogen (secondary N) is 2. The molecule has 6 heteroatoms. The quantitative estimate of drug-likeness (QED) is 0.916. The van der Waals surface area contributed by atoms with Crippen LogP contribution in [0, 0.1) is 12.7 Å². The molecule has 0 unspecified atom stereocenters. The Balaban J connectivity index is 1.93. The Bertz CT molecular complexity index is 783. The van der Waals surface area contributed by atoms with E-state index in [9.17, 15) is 12.8 Å². The summed E-state index contributed by atoms with van der Waals surface area (Å²) in [5.74, 6) is -0.467. The van der Waals surface area contributed by atoms with E-state index >= 15 is 0 Å². The highest BCUT2D eigenvalue weighted by atomic mass is 32.2. The van der Waals surface area contributed by atoms with E-state index in [1.807, 2.05) is 0 Å². The fourth-order valence-corrected chi connectivity index (χ4v) is 3.55. The van der Waals surface area contributed by atoms with Crippen LogP contribution >= 0.6 is 0 Å². The standard InChI is InChI=1S/C15H15FN2O2S/c1-10-6-12(16)9-13(7-10)18-21(19,20)14-2-3-15-11(8-14)4-5-17-15/h2-3,6-9,17-18H,4-5H2,1H3. The third kappa shape index (κ3) is 2.85. The van der Waals surface area contributed by atoms with Crippen molar-refractivity contribution in [2.24, 2.45) is 0 Å². The van der Waals surface area contributed by atoms with E-state index in [0.29, 0.717) is 5.56 Å². The maximum atomic E-state index is 13.3. The largest absolute Gasteiger partial charge is 0.384 e. The highest BCUT2D eigenvalue weighted by Gasteiger charge is 2.18. The van der Waals surface area contributed by atoms with Crippen LogP contribution in [-0.4, -0.2) is 15.0 Å². The van der Waals surface area contributed by atoms with Gasteiger partial charge < -0.3 is 5.32 Å². The third-order valence-electron chi connectivity index (χ3n) is 3.39. The van der Waals surface area contributed by atoms with Gasteiger partial charge in [-0.1, -0.05) is 0 Å². The summed E-state index contributed by atoms with van der Waals surface area (Å²) in [5.41, 5.74) is 2.83. The summed E-state index contributed by atoms with van der Waals surface area (Å²) < 4.78 is 40.5. The maximum Gasteiger partial charge on any atom is 0.261 e. The molecule has 21 heavy (non-hydrogen) atoms. The minimum Gasteiger partial charge on any atom is -0.384 e. The van der Waals surface area contributed by atoms with Gasteiger partial charge in [0, 0.05) is 12.2 Å². The van der Waals surface area contributed by atoms with E-state index in [1.54, 1.807) is 31.2 Å². The molecule has 1 heterocycles. The van der Waals surface area contributed by atoms with Crippen molar-refractivity contribution in [1.82, 2.24) is 0 Å². The first kappa shape index (κ1) is 13.9. The third-order valence-corrected chi connectivity index (χ3v) is 4.77. The number of anilines is 2. The van der Waals surface area contributed by atoms with Crippen molar-refractivity contribution in [3.05, 3.63) is 53.3 Å². The summed E-state index contributed by atoms with van der Waals surface area (Å²) in [6.07, 6.45) is 0.803. The first-order valence-electron chi connectivity index (χ1n) is 6.61. The second-order valence-electron chi connectivity index (χ2n) is 5.12. The highest BCUT2D eigenvalue weighted by Crippen LogP contribution is 2.26. The van der Waals surface area contributed by atoms with Crippen LogP contribution in [0.25, 0.3) is 0 Å². The zero-order chi connectivity index (χ0) is 15.0. The summed E-state index contributed by atoms with van der Waals surface area (Å²) in [4.78, 5) is 0.187. The van der Waals surface area contributed by atoms with Crippen LogP contribution in [0.2, 0.25) is 0 Å². The summed E-state index contributed by atoms with van der Waals surface area (Å²) in [5, 5.41) is 3.18. The first-order chi connectivity index (χ1) is 9.94. The normalized spacial score (nSPS) is 13.6. The van der Waals surface area contributed by atoms with Gasteiger partial charge in [-0.3, -0.25) is 4.72 Å². The fourth-order valence-electron chi connectivity index (χ4n) is 2.46. The topological polar surface area (TPSA) is 58.2 Å². The highest BCUT2D eigenvalue weighted by molar-refractivity contribution is 7.92. The summed E-state index contributed by atoms with van der Waals surface area (Å²) in [6.45, 7) is 2.53. The molecule has 3 rings (SSSR count). The molecule has 2 N–H and O–H groups in total. The van der Waals surface area contributed by atoms with Crippen molar-refractivity contribution < 1.29 is 12.8 Å². The van der Waals surface area contributed by atoms with Crippen molar-refractivity contribution in [1.29, 1.82) is 0 Å². The summed E-state index contributed by atoms with van der Waals surface area (Å²) in [6, 6.07) is 9.07. The SMILES string of the molecule is Cc1cc(F)cc(NS(=O)(=O)c2ccc3c(c2)CCN3)c1. The van der Waals surface area contributed by atoms with E-state index in [2.05, 4.69) is 10.0 Å². The molecule has 0 saturated heterocycles. The maximum absolute atomic E-state index is 13.3. The Morgan fingerprint density at radius 3 is 2.76 bits per heavy atom. The van der Waals surface area contributed by atoms with Crippen LogP contribution in [0.5, 0.6) is 0 Å². The fraction of sp³-hybridized carbons (Fsp3) is 0.200. The van der Waals surface area contributed by atoms with Gasteiger partial charge in [0.05, 0.1) is 10.6 Å². The molecular formula is C15H15FN2O2S. The first-order valence-corrected chi connectivity index (χ1v) is 8.09. The van der Waals surface area contributed by atoms with Gasteiger partial charge >= 0.3 is 0 Å². The molecule has 2 aromatic carbocycles. The molecule has 0 fully saturated rings. The van der Waals surface area contributed by atoms with Gasteiger partial charge in [-0.2, -0.15) is 0 Å². The van der Waals surface area contributed by atoms with Gasteiger partial charge in [-0.05, 0) is 60.9 Å². The number of aryl methyl sites for hydroxylation is 1. The summed E-state index contributed by atoms with van der Waals surface area (Å²) in [7, 11) is -3.71. The lowest BCUT2D eigenvalue weighted by Gasteiger charge is -2.10. The second kappa shape index (κ2) is 5.04. The molecule has 0 bridgehead atoms. The van der Waals surface area contributed by atoms with Gasteiger partial charge in [-0.15, -0.1) is 0 Å². The van der Waals surface area contributed by atoms with E-state index < -0.39 is 15.8 Å². The zero-order valence-corrected chi connectivity index (χ0v) is 12.3. The van der Waals surface area contributed by atoms with E-state index in [-0.39, 0.29) is 10.6 Å². The average Bonchev–Trinajstić information content (AvgIpc) is 2.83. The van der Waals surface area contributed by atoms with Crippen molar-refractivity contribution in [2.75, 3.05) is 16.6 Å². The number of benzene rings is 2. The number of rotatable bonds is 3. The van der Waals surface area contributed by atoms with Crippen LogP contribution in [0.3, 0.4) is 0 Å². The number of hydrogen-bond acceptors (Lipinski definition) is 3. The lowest BCUT2D eigenvalue weighted by Crippen LogP contribution is -2.13. The van der Waals surface area contributed by atoms with Crippen molar-refractivity contribution in [3.8, 4) is 0 Å². The Morgan fingerprint density at radius 2 is 2.00 bits per heavy atom. The Labute approximate surface area is 123 Å². The minimum atomic E-state index is -3.71. The zero-order valence-electron chi connectivity index (χ0n) is 11.5. The van der Waals surface area contributed by atoms with Crippen LogP contribution in [-0.2, 0) is 16.4 Å². The van der Waals surface area contributed by atoms with Crippen LogP contribution in [0.1, 0.15) is 11.1 Å². The molecule has 0 atom stereocenters. The molecular weight excluding hydrogens is 291 g/mol. The predicted molar refractivity (Wildman–Crippen MR) is 80.6 cm³/mol. The minimum absolute atomic E-state index is 0.187. The van der Waals surface area contributed by atoms with Crippen LogP contribution in [0.15, 0.2) is 41.3 Å². The van der Waals surface area contributed by atoms with Gasteiger partial charge in [0.1, 0.15) is 5.82 Å². The molecule has 0 amide bonds. The monoisotopic (exact) mass is 306 g/mol. The number of hydrogen-bond donors (Lipinski definition) is 2. The molecule has 1 aliphatic heterocycles. The molecule has 2 aromatic rings. The van der Waals surface area contributed by atoms with Gasteiger partial charge in [-0.25, -0.2) is 12.8 Å². The van der Waals surface area contributed by atoms with Gasteiger partial charge in [0.25, 0.3) is 10.0 Å². The smallest absolute Gasteiger partial charge is 0.261 e. The number of sulfonamides is 1. The van der Waals surface area contributed by atoms with Gasteiger partial charge in [0.2, 0.25) is 0 Å². The van der Waals surface area contributed by atoms with E-state index in [4.69, 9.17) is 0 Å². The Kier molecular flexibility index (Phi) is 3.33. The Morgan fingerprint density at radius 1 is 1.19 bits per heavy atom. The van der Waals surface area contributed by atoms with Crippen molar-refractivity contribution in [2.45, 2.75) is 18.2 Å². The molecule has 0 aromatic heterocycles. The van der Waals surface area contributed by atoms with Crippen LogP contribution < -0.4 is 10.0 Å². The molecule has 1 aliphatic rings. The van der Waals surface area contributed by atoms with Crippen molar-refractivity contribution >= 4 is 21.4 Å². The lowest BCUT2D eigenvalue weighted by atomic mass is 10.2. The molecule has 0 spiro atoms. The second-order valence-corrected chi connectivity index (χ2v) is 6.80. The van der Waals surface area contributed by atoms with E-state index in [0.717, 1.165) is 24.2 Å². The van der Waals surface area contributed by atoms with Gasteiger partial charge in [0.15, 0.2) is 0 Å². The van der Waals surface area contributed by atoms with E-state index in [1.165, 1.54) is 12.1 Å². The molecule has 0 radical (unpaired) electrons.